The van der Waals surface area contributed by atoms with Gasteiger partial charge in [0.15, 0.2) is 0 Å². The van der Waals surface area contributed by atoms with Crippen LogP contribution in [0.15, 0.2) is 30.4 Å². The molecule has 2 aliphatic carbocycles. The molecule has 1 aromatic carbocycles. The van der Waals surface area contributed by atoms with Crippen LogP contribution in [0.25, 0.3) is 11.6 Å². The Morgan fingerprint density at radius 2 is 2.08 bits per heavy atom. The van der Waals surface area contributed by atoms with Crippen LogP contribution in [-0.4, -0.2) is 0 Å². The maximum absolute atomic E-state index is 2.37. The molecule has 0 saturated carbocycles. The summed E-state index contributed by atoms with van der Waals surface area (Å²) < 4.78 is 0. The molecule has 0 fully saturated rings. The van der Waals surface area contributed by atoms with Gasteiger partial charge in [0, 0.05) is 0 Å². The Morgan fingerprint density at radius 3 is 3.08 bits per heavy atom. The third-order valence-corrected chi connectivity index (χ3v) is 2.97. The van der Waals surface area contributed by atoms with E-state index in [2.05, 4.69) is 36.4 Å². The highest BCUT2D eigenvalue weighted by Crippen LogP contribution is 2.36. The van der Waals surface area contributed by atoms with Gasteiger partial charge in [0.25, 0.3) is 0 Å². The number of benzene rings is 1. The van der Waals surface area contributed by atoms with E-state index in [1.807, 2.05) is 0 Å². The van der Waals surface area contributed by atoms with E-state index in [4.69, 9.17) is 0 Å². The Labute approximate surface area is 78.6 Å². The SMILES string of the molecule is C1=Cc2cccc3c2C(=CC1)CC3. The van der Waals surface area contributed by atoms with Crippen LogP contribution in [-0.2, 0) is 6.42 Å². The third kappa shape index (κ3) is 0.983. The first-order chi connectivity index (χ1) is 6.45. The Hall–Kier alpha value is -1.30. The molecule has 64 valence electrons. The average molecular weight is 168 g/mol. The van der Waals surface area contributed by atoms with Gasteiger partial charge in [-0.1, -0.05) is 36.4 Å². The van der Waals surface area contributed by atoms with Crippen LogP contribution >= 0.6 is 0 Å². The van der Waals surface area contributed by atoms with Gasteiger partial charge in [-0.05, 0) is 41.5 Å². The molecule has 0 amide bonds. The predicted molar refractivity (Wildman–Crippen MR) is 56.4 cm³/mol. The number of aryl methyl sites for hydroxylation is 1. The number of hydrogen-bond acceptors (Lipinski definition) is 0. The molecule has 0 bridgehead atoms. The smallest absolute Gasteiger partial charge is 0.0123 e. The van der Waals surface area contributed by atoms with Crippen LogP contribution in [0.5, 0.6) is 0 Å². The van der Waals surface area contributed by atoms with Crippen molar-refractivity contribution >= 4 is 11.6 Å². The minimum atomic E-state index is 1.10. The van der Waals surface area contributed by atoms with E-state index in [0.717, 1.165) is 6.42 Å². The highest BCUT2D eigenvalue weighted by atomic mass is 14.2. The summed E-state index contributed by atoms with van der Waals surface area (Å²) in [6.45, 7) is 0. The molecule has 0 heteroatoms. The lowest BCUT2D eigenvalue weighted by molar-refractivity contribution is 1.08. The van der Waals surface area contributed by atoms with E-state index >= 15 is 0 Å². The first kappa shape index (κ1) is 7.14. The van der Waals surface area contributed by atoms with Crippen molar-refractivity contribution < 1.29 is 0 Å². The highest BCUT2D eigenvalue weighted by Gasteiger charge is 2.18. The van der Waals surface area contributed by atoms with Crippen LogP contribution in [0.2, 0.25) is 0 Å². The lowest BCUT2D eigenvalue weighted by Gasteiger charge is -2.03. The zero-order chi connectivity index (χ0) is 8.67. The van der Waals surface area contributed by atoms with Crippen molar-refractivity contribution in [1.82, 2.24) is 0 Å². The summed E-state index contributed by atoms with van der Waals surface area (Å²) in [7, 11) is 0. The van der Waals surface area contributed by atoms with Gasteiger partial charge in [0.1, 0.15) is 0 Å². The van der Waals surface area contributed by atoms with Crippen LogP contribution in [0, 0.1) is 0 Å². The van der Waals surface area contributed by atoms with Crippen LogP contribution < -0.4 is 0 Å². The maximum atomic E-state index is 2.37. The van der Waals surface area contributed by atoms with Gasteiger partial charge in [0.2, 0.25) is 0 Å². The lowest BCUT2D eigenvalue weighted by Crippen LogP contribution is -1.84. The summed E-state index contributed by atoms with van der Waals surface area (Å²) in [4.78, 5) is 0. The van der Waals surface area contributed by atoms with Crippen molar-refractivity contribution in [3.63, 3.8) is 0 Å². The molecular weight excluding hydrogens is 156 g/mol. The molecule has 0 aromatic heterocycles. The summed E-state index contributed by atoms with van der Waals surface area (Å²) in [5.41, 5.74) is 6.04. The van der Waals surface area contributed by atoms with Gasteiger partial charge >= 0.3 is 0 Å². The fourth-order valence-corrected chi connectivity index (χ4v) is 2.36. The topological polar surface area (TPSA) is 0 Å². The molecule has 0 radical (unpaired) electrons. The molecule has 0 N–H and O–H groups in total. The molecule has 3 rings (SSSR count). The fraction of sp³-hybridized carbons (Fsp3) is 0.231. The minimum Gasteiger partial charge on any atom is -0.0801 e. The molecule has 0 atom stereocenters. The minimum absolute atomic E-state index is 1.10. The number of hydrogen-bond donors (Lipinski definition) is 0. The van der Waals surface area contributed by atoms with Crippen molar-refractivity contribution in [2.45, 2.75) is 19.3 Å². The first-order valence-electron chi connectivity index (χ1n) is 4.93. The average Bonchev–Trinajstić information content (AvgIpc) is 2.44. The molecule has 1 aromatic rings. The van der Waals surface area contributed by atoms with Crippen molar-refractivity contribution in [1.29, 1.82) is 0 Å². The zero-order valence-electron chi connectivity index (χ0n) is 7.59. The van der Waals surface area contributed by atoms with E-state index in [9.17, 15) is 0 Å². The molecule has 0 spiro atoms. The second-order valence-electron chi connectivity index (χ2n) is 3.75. The summed E-state index contributed by atoms with van der Waals surface area (Å²) in [6.07, 6.45) is 10.5. The van der Waals surface area contributed by atoms with E-state index < -0.39 is 0 Å². The summed E-state index contributed by atoms with van der Waals surface area (Å²) in [5, 5.41) is 0. The predicted octanol–water partition coefficient (Wildman–Crippen LogP) is 3.43. The van der Waals surface area contributed by atoms with Crippen LogP contribution in [0.3, 0.4) is 0 Å². The molecule has 2 aliphatic rings. The van der Waals surface area contributed by atoms with Gasteiger partial charge in [-0.2, -0.15) is 0 Å². The van der Waals surface area contributed by atoms with Gasteiger partial charge in [-0.3, -0.25) is 0 Å². The summed E-state index contributed by atoms with van der Waals surface area (Å²) in [5.74, 6) is 0. The second kappa shape index (κ2) is 2.59. The monoisotopic (exact) mass is 168 g/mol. The standard InChI is InChI=1S/C13H12/c1-2-5-11-8-9-12-7-3-6-10(4-1)13(11)12/h1,3-7H,2,8-9H2. The molecular formula is C13H12. The quantitative estimate of drug-likeness (QED) is 0.556. The van der Waals surface area contributed by atoms with Crippen molar-refractivity contribution in [2.75, 3.05) is 0 Å². The first-order valence-corrected chi connectivity index (χ1v) is 4.93. The van der Waals surface area contributed by atoms with Crippen molar-refractivity contribution in [3.8, 4) is 0 Å². The molecule has 0 nitrogen and oxygen atoms in total. The third-order valence-electron chi connectivity index (χ3n) is 2.97. The summed E-state index contributed by atoms with van der Waals surface area (Å²) >= 11 is 0. The van der Waals surface area contributed by atoms with Gasteiger partial charge < -0.3 is 0 Å². The largest absolute Gasteiger partial charge is 0.0801 e. The summed E-state index contributed by atoms with van der Waals surface area (Å²) in [6, 6.07) is 6.66. The van der Waals surface area contributed by atoms with E-state index in [0.29, 0.717) is 0 Å². The molecule has 0 heterocycles. The molecule has 0 aliphatic heterocycles. The maximum Gasteiger partial charge on any atom is -0.0123 e. The van der Waals surface area contributed by atoms with Crippen LogP contribution in [0.1, 0.15) is 29.5 Å². The Kier molecular flexibility index (Phi) is 1.42. The van der Waals surface area contributed by atoms with E-state index in [1.165, 1.54) is 29.5 Å². The fourth-order valence-electron chi connectivity index (χ4n) is 2.36. The Bertz CT molecular complexity index is 408. The number of rotatable bonds is 0. The second-order valence-corrected chi connectivity index (χ2v) is 3.75. The molecule has 0 unspecified atom stereocenters. The highest BCUT2D eigenvalue weighted by molar-refractivity contribution is 5.81. The van der Waals surface area contributed by atoms with Gasteiger partial charge in [0.05, 0.1) is 0 Å². The van der Waals surface area contributed by atoms with Gasteiger partial charge in [-0.15, -0.1) is 0 Å². The van der Waals surface area contributed by atoms with Crippen molar-refractivity contribution in [3.05, 3.63) is 47.0 Å². The zero-order valence-corrected chi connectivity index (χ0v) is 7.59. The van der Waals surface area contributed by atoms with Gasteiger partial charge in [-0.25, -0.2) is 0 Å². The normalized spacial score (nSPS) is 18.0. The number of allylic oxidation sites excluding steroid dienone is 3. The Morgan fingerprint density at radius 1 is 1.08 bits per heavy atom. The van der Waals surface area contributed by atoms with E-state index in [-0.39, 0.29) is 0 Å². The lowest BCUT2D eigenvalue weighted by atomic mass is 10.0. The van der Waals surface area contributed by atoms with E-state index in [1.54, 1.807) is 5.57 Å². The molecule has 13 heavy (non-hydrogen) atoms. The van der Waals surface area contributed by atoms with Crippen molar-refractivity contribution in [2.24, 2.45) is 0 Å². The Balaban J connectivity index is 2.35. The molecule has 0 saturated heterocycles. The van der Waals surface area contributed by atoms with Crippen LogP contribution in [0.4, 0.5) is 0 Å².